The fourth-order valence-corrected chi connectivity index (χ4v) is 4.34. The number of nitrogens with zero attached hydrogens (tertiary/aromatic N) is 1. The van der Waals surface area contributed by atoms with Gasteiger partial charge in [0.05, 0.1) is 10.6 Å². The Morgan fingerprint density at radius 2 is 1.55 bits per heavy atom. The quantitative estimate of drug-likeness (QED) is 0.646. The SMILES string of the molecule is Cc1ccc(CNC(=O)CN(c2cccc(C)c2)S(=O)(=O)c2ccccc2)cc1. The number of carbonyl (C=O) groups is 1. The van der Waals surface area contributed by atoms with E-state index in [0.717, 1.165) is 21.0 Å². The highest BCUT2D eigenvalue weighted by atomic mass is 32.2. The molecule has 0 spiro atoms. The van der Waals surface area contributed by atoms with Crippen molar-refractivity contribution < 1.29 is 13.2 Å². The van der Waals surface area contributed by atoms with E-state index in [9.17, 15) is 13.2 Å². The summed E-state index contributed by atoms with van der Waals surface area (Å²) in [4.78, 5) is 12.8. The number of rotatable bonds is 7. The largest absolute Gasteiger partial charge is 0.350 e. The van der Waals surface area contributed by atoms with Crippen molar-refractivity contribution in [1.82, 2.24) is 5.32 Å². The first kappa shape index (κ1) is 20.6. The Kier molecular flexibility index (Phi) is 6.34. The van der Waals surface area contributed by atoms with Crippen molar-refractivity contribution >= 4 is 21.6 Å². The lowest BCUT2D eigenvalue weighted by Gasteiger charge is -2.24. The highest BCUT2D eigenvalue weighted by molar-refractivity contribution is 7.92. The second kappa shape index (κ2) is 8.92. The zero-order valence-electron chi connectivity index (χ0n) is 16.5. The zero-order chi connectivity index (χ0) is 20.9. The van der Waals surface area contributed by atoms with Crippen LogP contribution >= 0.6 is 0 Å². The van der Waals surface area contributed by atoms with E-state index in [1.807, 2.05) is 44.2 Å². The van der Waals surface area contributed by atoms with Gasteiger partial charge in [0.1, 0.15) is 6.54 Å². The fourth-order valence-electron chi connectivity index (χ4n) is 2.91. The Morgan fingerprint density at radius 3 is 2.21 bits per heavy atom. The van der Waals surface area contributed by atoms with Crippen LogP contribution in [0.15, 0.2) is 83.8 Å². The molecule has 1 N–H and O–H groups in total. The number of benzene rings is 3. The number of aryl methyl sites for hydroxylation is 2. The molecule has 3 aromatic carbocycles. The lowest BCUT2D eigenvalue weighted by atomic mass is 10.1. The van der Waals surface area contributed by atoms with E-state index in [2.05, 4.69) is 5.32 Å². The Labute approximate surface area is 172 Å². The highest BCUT2D eigenvalue weighted by Crippen LogP contribution is 2.24. The van der Waals surface area contributed by atoms with Gasteiger partial charge in [-0.25, -0.2) is 8.42 Å². The van der Waals surface area contributed by atoms with Gasteiger partial charge in [-0.3, -0.25) is 9.10 Å². The van der Waals surface area contributed by atoms with Crippen LogP contribution in [-0.2, 0) is 21.4 Å². The number of carbonyl (C=O) groups excluding carboxylic acids is 1. The van der Waals surface area contributed by atoms with Gasteiger partial charge in [0, 0.05) is 6.54 Å². The standard InChI is InChI=1S/C23H24N2O3S/c1-18-11-13-20(14-12-18)16-24-23(26)17-25(21-8-6-7-19(2)15-21)29(27,28)22-9-4-3-5-10-22/h3-15H,16-17H2,1-2H3,(H,24,26). The molecule has 0 bridgehead atoms. The molecule has 0 aromatic heterocycles. The van der Waals surface area contributed by atoms with Crippen LogP contribution in [0.3, 0.4) is 0 Å². The number of nitrogens with one attached hydrogen (secondary N) is 1. The van der Waals surface area contributed by atoms with E-state index in [1.54, 1.807) is 36.4 Å². The molecular formula is C23H24N2O3S. The second-order valence-electron chi connectivity index (χ2n) is 6.93. The Balaban J connectivity index is 1.83. The van der Waals surface area contributed by atoms with E-state index in [-0.39, 0.29) is 17.3 Å². The van der Waals surface area contributed by atoms with Gasteiger partial charge in [-0.05, 0) is 49.2 Å². The summed E-state index contributed by atoms with van der Waals surface area (Å²) in [6.45, 7) is 3.92. The van der Waals surface area contributed by atoms with Gasteiger partial charge < -0.3 is 5.32 Å². The van der Waals surface area contributed by atoms with Gasteiger partial charge in [-0.15, -0.1) is 0 Å². The number of anilines is 1. The second-order valence-corrected chi connectivity index (χ2v) is 8.79. The first-order chi connectivity index (χ1) is 13.9. The zero-order valence-corrected chi connectivity index (χ0v) is 17.3. The molecule has 29 heavy (non-hydrogen) atoms. The Hall–Kier alpha value is -3.12. The van der Waals surface area contributed by atoms with E-state index in [0.29, 0.717) is 12.2 Å². The molecule has 3 aromatic rings. The third-order valence-electron chi connectivity index (χ3n) is 4.52. The van der Waals surface area contributed by atoms with Crippen molar-refractivity contribution in [1.29, 1.82) is 0 Å². The predicted molar refractivity (Wildman–Crippen MR) is 115 cm³/mol. The number of sulfonamides is 1. The number of hydrogen-bond acceptors (Lipinski definition) is 3. The molecule has 0 saturated heterocycles. The molecule has 1 amide bonds. The van der Waals surface area contributed by atoms with Crippen molar-refractivity contribution in [2.45, 2.75) is 25.3 Å². The van der Waals surface area contributed by atoms with Crippen LogP contribution in [0.1, 0.15) is 16.7 Å². The van der Waals surface area contributed by atoms with E-state index < -0.39 is 10.0 Å². The lowest BCUT2D eigenvalue weighted by Crippen LogP contribution is -2.40. The van der Waals surface area contributed by atoms with Crippen LogP contribution in [0.2, 0.25) is 0 Å². The molecule has 0 saturated carbocycles. The summed E-state index contributed by atoms with van der Waals surface area (Å²) in [6.07, 6.45) is 0. The molecule has 0 aliphatic carbocycles. The third-order valence-corrected chi connectivity index (χ3v) is 6.31. The molecule has 5 nitrogen and oxygen atoms in total. The maximum absolute atomic E-state index is 13.2. The molecular weight excluding hydrogens is 384 g/mol. The van der Waals surface area contributed by atoms with Crippen LogP contribution in [0.25, 0.3) is 0 Å². The minimum Gasteiger partial charge on any atom is -0.350 e. The average Bonchev–Trinajstić information content (AvgIpc) is 2.72. The Morgan fingerprint density at radius 1 is 0.862 bits per heavy atom. The molecule has 0 heterocycles. The van der Waals surface area contributed by atoms with Crippen LogP contribution < -0.4 is 9.62 Å². The minimum atomic E-state index is -3.88. The van der Waals surface area contributed by atoms with Gasteiger partial charge in [0.25, 0.3) is 10.0 Å². The first-order valence-corrected chi connectivity index (χ1v) is 10.8. The van der Waals surface area contributed by atoms with Crippen LogP contribution in [0, 0.1) is 13.8 Å². The topological polar surface area (TPSA) is 66.5 Å². The normalized spacial score (nSPS) is 11.1. The van der Waals surface area contributed by atoms with Gasteiger partial charge in [-0.2, -0.15) is 0 Å². The predicted octanol–water partition coefficient (Wildman–Crippen LogP) is 3.82. The maximum Gasteiger partial charge on any atom is 0.264 e. The molecule has 0 aliphatic rings. The monoisotopic (exact) mass is 408 g/mol. The van der Waals surface area contributed by atoms with E-state index in [4.69, 9.17) is 0 Å². The molecule has 0 aliphatic heterocycles. The van der Waals surface area contributed by atoms with Crippen molar-refractivity contribution in [3.8, 4) is 0 Å². The highest BCUT2D eigenvalue weighted by Gasteiger charge is 2.27. The van der Waals surface area contributed by atoms with Gasteiger partial charge >= 0.3 is 0 Å². The van der Waals surface area contributed by atoms with Crippen LogP contribution in [0.5, 0.6) is 0 Å². The van der Waals surface area contributed by atoms with Gasteiger partial charge in [0.15, 0.2) is 0 Å². The molecule has 3 rings (SSSR count). The molecule has 150 valence electrons. The van der Waals surface area contributed by atoms with E-state index >= 15 is 0 Å². The number of amides is 1. The van der Waals surface area contributed by atoms with Crippen molar-refractivity contribution in [2.24, 2.45) is 0 Å². The Bertz CT molecular complexity index is 1080. The smallest absolute Gasteiger partial charge is 0.264 e. The summed E-state index contributed by atoms with van der Waals surface area (Å²) >= 11 is 0. The summed E-state index contributed by atoms with van der Waals surface area (Å²) < 4.78 is 27.6. The first-order valence-electron chi connectivity index (χ1n) is 9.33. The molecule has 0 fully saturated rings. The summed E-state index contributed by atoms with van der Waals surface area (Å²) in [5.74, 6) is -0.369. The number of hydrogen-bond donors (Lipinski definition) is 1. The fraction of sp³-hybridized carbons (Fsp3) is 0.174. The summed E-state index contributed by atoms with van der Waals surface area (Å²) in [6, 6.07) is 23.1. The van der Waals surface area contributed by atoms with E-state index in [1.165, 1.54) is 12.1 Å². The molecule has 0 unspecified atom stereocenters. The lowest BCUT2D eigenvalue weighted by molar-refractivity contribution is -0.119. The summed E-state index contributed by atoms with van der Waals surface area (Å²) in [7, 11) is -3.88. The van der Waals surface area contributed by atoms with Crippen LogP contribution in [-0.4, -0.2) is 20.9 Å². The van der Waals surface area contributed by atoms with Crippen molar-refractivity contribution in [3.63, 3.8) is 0 Å². The van der Waals surface area contributed by atoms with Crippen molar-refractivity contribution in [2.75, 3.05) is 10.8 Å². The average molecular weight is 409 g/mol. The maximum atomic E-state index is 13.2. The molecule has 0 radical (unpaired) electrons. The summed E-state index contributed by atoms with van der Waals surface area (Å²) in [5.41, 5.74) is 3.46. The third kappa shape index (κ3) is 5.23. The van der Waals surface area contributed by atoms with Gasteiger partial charge in [0.2, 0.25) is 5.91 Å². The van der Waals surface area contributed by atoms with Gasteiger partial charge in [-0.1, -0.05) is 60.2 Å². The summed E-state index contributed by atoms with van der Waals surface area (Å²) in [5, 5.41) is 2.81. The molecule has 0 atom stereocenters. The minimum absolute atomic E-state index is 0.146. The molecule has 6 heteroatoms. The van der Waals surface area contributed by atoms with Crippen molar-refractivity contribution in [3.05, 3.63) is 95.6 Å². The van der Waals surface area contributed by atoms with Crippen LogP contribution in [0.4, 0.5) is 5.69 Å².